The van der Waals surface area contributed by atoms with Gasteiger partial charge in [0.25, 0.3) is 0 Å². The number of nitrogens with one attached hydrogen (secondary N) is 1. The van der Waals surface area contributed by atoms with Gasteiger partial charge in [-0.2, -0.15) is 0 Å². The predicted octanol–water partition coefficient (Wildman–Crippen LogP) is 3.44. The van der Waals surface area contributed by atoms with Gasteiger partial charge in [-0.3, -0.25) is 0 Å². The van der Waals surface area contributed by atoms with E-state index >= 15 is 0 Å². The van der Waals surface area contributed by atoms with Crippen LogP contribution in [0.1, 0.15) is 37.7 Å². The molecule has 1 aliphatic heterocycles. The van der Waals surface area contributed by atoms with Crippen LogP contribution in [0.2, 0.25) is 0 Å². The van der Waals surface area contributed by atoms with Crippen molar-refractivity contribution in [3.63, 3.8) is 0 Å². The molecular weight excluding hydrogens is 260 g/mol. The lowest BCUT2D eigenvalue weighted by atomic mass is 9.99. The lowest BCUT2D eigenvalue weighted by Gasteiger charge is -2.18. The third kappa shape index (κ3) is 4.25. The summed E-state index contributed by atoms with van der Waals surface area (Å²) in [7, 11) is 1.87. The third-order valence-corrected chi connectivity index (χ3v) is 4.01. The maximum atomic E-state index is 13.6. The first-order valence-corrected chi connectivity index (χ1v) is 7.42. The van der Waals surface area contributed by atoms with E-state index in [2.05, 4.69) is 5.32 Å². The number of hydrogen-bond acceptors (Lipinski definition) is 2. The molecule has 1 heterocycles. The van der Waals surface area contributed by atoms with Crippen LogP contribution in [0.4, 0.5) is 8.78 Å². The van der Waals surface area contributed by atoms with Gasteiger partial charge in [-0.1, -0.05) is 12.1 Å². The topological polar surface area (TPSA) is 21.3 Å². The molecule has 1 aromatic rings. The maximum absolute atomic E-state index is 13.6. The molecule has 0 bridgehead atoms. The lowest BCUT2D eigenvalue weighted by molar-refractivity contribution is 0.101. The van der Waals surface area contributed by atoms with E-state index in [4.69, 9.17) is 4.74 Å². The van der Waals surface area contributed by atoms with Crippen LogP contribution in [0.5, 0.6) is 0 Å². The first-order valence-electron chi connectivity index (χ1n) is 7.42. The molecule has 1 N–H and O–H groups in total. The van der Waals surface area contributed by atoms with Gasteiger partial charge in [0.05, 0.1) is 6.10 Å². The number of halogens is 2. The molecule has 2 nitrogen and oxygen atoms in total. The van der Waals surface area contributed by atoms with E-state index in [9.17, 15) is 8.78 Å². The fraction of sp³-hybridized carbons (Fsp3) is 0.625. The Morgan fingerprint density at radius 3 is 2.95 bits per heavy atom. The summed E-state index contributed by atoms with van der Waals surface area (Å²) in [5.41, 5.74) is 0.446. The Balaban J connectivity index is 1.80. The zero-order valence-corrected chi connectivity index (χ0v) is 12.0. The van der Waals surface area contributed by atoms with Crippen LogP contribution in [0.3, 0.4) is 0 Å². The first-order chi connectivity index (χ1) is 9.70. The van der Waals surface area contributed by atoms with Gasteiger partial charge in [0.15, 0.2) is 11.6 Å². The van der Waals surface area contributed by atoms with E-state index < -0.39 is 11.6 Å². The third-order valence-electron chi connectivity index (χ3n) is 4.01. The van der Waals surface area contributed by atoms with Crippen LogP contribution in [-0.2, 0) is 11.2 Å². The highest BCUT2D eigenvalue weighted by atomic mass is 19.2. The zero-order valence-electron chi connectivity index (χ0n) is 12.0. The second-order valence-corrected chi connectivity index (χ2v) is 5.47. The molecule has 20 heavy (non-hydrogen) atoms. The molecule has 112 valence electrons. The molecule has 1 fully saturated rings. The Morgan fingerprint density at radius 2 is 2.25 bits per heavy atom. The van der Waals surface area contributed by atoms with E-state index in [0.717, 1.165) is 44.8 Å². The average molecular weight is 283 g/mol. The molecule has 2 unspecified atom stereocenters. The molecule has 2 atom stereocenters. The smallest absolute Gasteiger partial charge is 0.162 e. The highest BCUT2D eigenvalue weighted by Crippen LogP contribution is 2.20. The van der Waals surface area contributed by atoms with Crippen molar-refractivity contribution in [1.29, 1.82) is 0 Å². The summed E-state index contributed by atoms with van der Waals surface area (Å²) in [4.78, 5) is 0. The van der Waals surface area contributed by atoms with Crippen molar-refractivity contribution in [1.82, 2.24) is 5.32 Å². The zero-order chi connectivity index (χ0) is 14.4. The van der Waals surface area contributed by atoms with Gasteiger partial charge in [0.1, 0.15) is 0 Å². The quantitative estimate of drug-likeness (QED) is 0.827. The minimum absolute atomic E-state index is 0.174. The van der Waals surface area contributed by atoms with Gasteiger partial charge >= 0.3 is 0 Å². The number of benzene rings is 1. The first kappa shape index (κ1) is 15.4. The number of rotatable bonds is 7. The number of hydrogen-bond donors (Lipinski definition) is 1. The molecule has 0 saturated carbocycles. The molecule has 0 radical (unpaired) electrons. The van der Waals surface area contributed by atoms with Gasteiger partial charge < -0.3 is 10.1 Å². The maximum Gasteiger partial charge on any atom is 0.162 e. The minimum Gasteiger partial charge on any atom is -0.378 e. The van der Waals surface area contributed by atoms with E-state index in [0.29, 0.717) is 18.1 Å². The van der Waals surface area contributed by atoms with E-state index in [1.54, 1.807) is 12.1 Å². The predicted molar refractivity (Wildman–Crippen MR) is 75.7 cm³/mol. The Hall–Kier alpha value is -1.00. The largest absolute Gasteiger partial charge is 0.378 e. The van der Waals surface area contributed by atoms with Crippen molar-refractivity contribution in [2.24, 2.45) is 0 Å². The fourth-order valence-electron chi connectivity index (χ4n) is 2.78. The van der Waals surface area contributed by atoms with E-state index in [1.807, 2.05) is 7.05 Å². The highest BCUT2D eigenvalue weighted by Gasteiger charge is 2.17. The summed E-state index contributed by atoms with van der Waals surface area (Å²) < 4.78 is 32.4. The molecule has 1 saturated heterocycles. The minimum atomic E-state index is -0.767. The second-order valence-electron chi connectivity index (χ2n) is 5.47. The van der Waals surface area contributed by atoms with Gasteiger partial charge in [0.2, 0.25) is 0 Å². The summed E-state index contributed by atoms with van der Waals surface area (Å²) in [6, 6.07) is 4.55. The summed E-state index contributed by atoms with van der Waals surface area (Å²) in [6.45, 7) is 0.884. The monoisotopic (exact) mass is 283 g/mol. The van der Waals surface area contributed by atoms with Gasteiger partial charge in [-0.25, -0.2) is 8.78 Å². The molecular formula is C16H23F2NO. The van der Waals surface area contributed by atoms with Crippen LogP contribution >= 0.6 is 0 Å². The summed E-state index contributed by atoms with van der Waals surface area (Å²) in [6.07, 6.45) is 6.30. The van der Waals surface area contributed by atoms with Crippen LogP contribution in [-0.4, -0.2) is 25.8 Å². The van der Waals surface area contributed by atoms with Crippen LogP contribution in [0.25, 0.3) is 0 Å². The molecule has 0 aromatic heterocycles. The van der Waals surface area contributed by atoms with Gasteiger partial charge in [-0.15, -0.1) is 0 Å². The van der Waals surface area contributed by atoms with Crippen molar-refractivity contribution < 1.29 is 13.5 Å². The molecule has 0 amide bonds. The van der Waals surface area contributed by atoms with Crippen molar-refractivity contribution in [3.05, 3.63) is 35.4 Å². The highest BCUT2D eigenvalue weighted by molar-refractivity contribution is 5.20. The second kappa shape index (κ2) is 7.70. The number of ether oxygens (including phenoxy) is 1. The normalized spacial score (nSPS) is 20.2. The Labute approximate surface area is 119 Å². The molecule has 1 aliphatic rings. The van der Waals surface area contributed by atoms with Gasteiger partial charge in [-0.05, 0) is 57.2 Å². The fourth-order valence-corrected chi connectivity index (χ4v) is 2.78. The SMILES string of the molecule is CNC(CCCC1CCCO1)Cc1cccc(F)c1F. The number of likely N-dealkylation sites (N-methyl/N-ethyl adjacent to an activating group) is 1. The summed E-state index contributed by atoms with van der Waals surface area (Å²) in [5.74, 6) is -1.48. The van der Waals surface area contributed by atoms with Crippen molar-refractivity contribution in [2.75, 3.05) is 13.7 Å². The lowest BCUT2D eigenvalue weighted by Crippen LogP contribution is -2.28. The van der Waals surface area contributed by atoms with Crippen molar-refractivity contribution in [2.45, 2.75) is 50.7 Å². The average Bonchev–Trinajstić information content (AvgIpc) is 2.95. The molecule has 2 rings (SSSR count). The van der Waals surface area contributed by atoms with Crippen LogP contribution in [0.15, 0.2) is 18.2 Å². The van der Waals surface area contributed by atoms with Crippen molar-refractivity contribution >= 4 is 0 Å². The Morgan fingerprint density at radius 1 is 1.40 bits per heavy atom. The summed E-state index contributed by atoms with van der Waals surface area (Å²) in [5, 5.41) is 3.19. The molecule has 1 aromatic carbocycles. The standard InChI is InChI=1S/C16H23F2NO/c1-19-13(6-3-7-14-8-4-10-20-14)11-12-5-2-9-15(17)16(12)18/h2,5,9,13-14,19H,3-4,6-8,10-11H2,1H3. The van der Waals surface area contributed by atoms with Crippen molar-refractivity contribution in [3.8, 4) is 0 Å². The Kier molecular flexibility index (Phi) is 5.92. The van der Waals surface area contributed by atoms with Crippen LogP contribution in [0, 0.1) is 11.6 Å². The molecule has 4 heteroatoms. The van der Waals surface area contributed by atoms with Gasteiger partial charge in [0, 0.05) is 12.6 Å². The molecule has 0 spiro atoms. The van der Waals surface area contributed by atoms with Crippen LogP contribution < -0.4 is 5.32 Å². The van der Waals surface area contributed by atoms with E-state index in [-0.39, 0.29) is 6.04 Å². The molecule has 0 aliphatic carbocycles. The Bertz CT molecular complexity index is 419. The van der Waals surface area contributed by atoms with E-state index in [1.165, 1.54) is 0 Å². The summed E-state index contributed by atoms with van der Waals surface area (Å²) >= 11 is 0.